The Kier molecular flexibility index (Phi) is 10.7. The van der Waals surface area contributed by atoms with E-state index in [0.29, 0.717) is 23.3 Å². The second kappa shape index (κ2) is 15.3. The molecule has 1 saturated heterocycles. The van der Waals surface area contributed by atoms with Crippen molar-refractivity contribution in [3.63, 3.8) is 0 Å². The molecule has 14 heteroatoms. The van der Waals surface area contributed by atoms with Crippen LogP contribution in [0.4, 0.5) is 29.1 Å². The number of aromatic amines is 1. The molecule has 2 aliphatic heterocycles. The molecule has 2 aromatic heterocycles. The molecular formula is C40H39F4N7O3. The summed E-state index contributed by atoms with van der Waals surface area (Å²) in [5.41, 5.74) is 5.18. The van der Waals surface area contributed by atoms with Gasteiger partial charge in [0.2, 0.25) is 0 Å². The van der Waals surface area contributed by atoms with Gasteiger partial charge in [-0.2, -0.15) is 18.4 Å². The highest BCUT2D eigenvalue weighted by Gasteiger charge is 2.44. The number of halogens is 4. The number of pyridine rings is 1. The smallest absolute Gasteiger partial charge is 0.390 e. The molecule has 4 heterocycles. The number of aryl methyl sites for hydroxylation is 2. The van der Waals surface area contributed by atoms with E-state index in [4.69, 9.17) is 0 Å². The van der Waals surface area contributed by atoms with Crippen LogP contribution >= 0.6 is 0 Å². The molecule has 1 fully saturated rings. The van der Waals surface area contributed by atoms with Crippen LogP contribution in [0.25, 0.3) is 22.2 Å². The van der Waals surface area contributed by atoms with Gasteiger partial charge in [0.1, 0.15) is 29.3 Å². The van der Waals surface area contributed by atoms with Gasteiger partial charge in [-0.15, -0.1) is 0 Å². The maximum absolute atomic E-state index is 13.9. The van der Waals surface area contributed by atoms with E-state index >= 15 is 0 Å². The van der Waals surface area contributed by atoms with Crippen LogP contribution in [0.1, 0.15) is 50.3 Å². The van der Waals surface area contributed by atoms with Gasteiger partial charge in [-0.1, -0.05) is 36.4 Å². The van der Waals surface area contributed by atoms with Crippen LogP contribution in [0.15, 0.2) is 66.7 Å². The van der Waals surface area contributed by atoms with E-state index in [0.717, 1.165) is 46.8 Å². The standard InChI is InChI=1S/C21H21F3N4O2.C19H18FN3O/c1-12-5-4-6-14(9-12)27(3)20(30)18-17(29)7-8-28(18)19-15(11-25)16(21(22,23)24)10-13(2)26-19;1-21-10-11-2-4-12(5-3-11)18-14-6-7-22-19(24)15-8-13(20)9-16(23-18)17(14)15/h4-6,9-10,17-18,29H,7-8H2,1-3H3;2-5,8-9,21,23H,6-7,10H2,1H3,(H,22,24). The Hall–Kier alpha value is -5.78. The molecule has 7 rings (SSSR count). The number of likely N-dealkylation sites (N-methyl/N-ethyl adjacent to an activating group) is 1. The Balaban J connectivity index is 0.000000188. The van der Waals surface area contributed by atoms with E-state index in [1.807, 2.05) is 20.0 Å². The van der Waals surface area contributed by atoms with Gasteiger partial charge in [-0.25, -0.2) is 9.37 Å². The molecule has 2 aliphatic rings. The highest BCUT2D eigenvalue weighted by atomic mass is 19.4. The van der Waals surface area contributed by atoms with Crippen molar-refractivity contribution >= 4 is 34.2 Å². The number of amides is 2. The molecule has 2 atom stereocenters. The van der Waals surface area contributed by atoms with E-state index in [9.17, 15) is 37.5 Å². The lowest BCUT2D eigenvalue weighted by molar-refractivity contribution is -0.137. The molecule has 280 valence electrons. The largest absolute Gasteiger partial charge is 0.417 e. The van der Waals surface area contributed by atoms with Gasteiger partial charge >= 0.3 is 6.18 Å². The van der Waals surface area contributed by atoms with Crippen LogP contribution in [0.2, 0.25) is 0 Å². The van der Waals surface area contributed by atoms with Gasteiger partial charge in [0.05, 0.1) is 17.2 Å². The first-order chi connectivity index (χ1) is 25.7. The number of nitriles is 1. The number of nitrogens with one attached hydrogen (secondary N) is 3. The summed E-state index contributed by atoms with van der Waals surface area (Å²) in [5, 5.41) is 26.7. The minimum atomic E-state index is -4.75. The van der Waals surface area contributed by atoms with Crippen molar-refractivity contribution in [2.75, 3.05) is 37.0 Å². The molecule has 2 unspecified atom stereocenters. The van der Waals surface area contributed by atoms with Gasteiger partial charge in [0, 0.05) is 54.7 Å². The molecule has 0 spiro atoms. The van der Waals surface area contributed by atoms with E-state index in [-0.39, 0.29) is 30.4 Å². The molecule has 0 saturated carbocycles. The molecule has 54 heavy (non-hydrogen) atoms. The number of aliphatic hydroxyl groups excluding tert-OH is 1. The van der Waals surface area contributed by atoms with Crippen LogP contribution in [0.5, 0.6) is 0 Å². The van der Waals surface area contributed by atoms with Crippen molar-refractivity contribution in [3.05, 3.63) is 112 Å². The highest BCUT2D eigenvalue weighted by Crippen LogP contribution is 2.38. The van der Waals surface area contributed by atoms with E-state index in [1.54, 1.807) is 24.3 Å². The minimum Gasteiger partial charge on any atom is -0.390 e. The van der Waals surface area contributed by atoms with Crippen LogP contribution in [-0.4, -0.2) is 66.2 Å². The van der Waals surface area contributed by atoms with Crippen molar-refractivity contribution in [2.24, 2.45) is 0 Å². The summed E-state index contributed by atoms with van der Waals surface area (Å²) >= 11 is 0. The molecular weight excluding hydrogens is 702 g/mol. The third kappa shape index (κ3) is 7.50. The molecule has 2 amide bonds. The number of aromatic nitrogens is 2. The molecule has 0 aliphatic carbocycles. The Morgan fingerprint density at radius 3 is 2.54 bits per heavy atom. The molecule has 0 radical (unpaired) electrons. The first-order valence-electron chi connectivity index (χ1n) is 17.4. The van der Waals surface area contributed by atoms with Gasteiger partial charge in [0.25, 0.3) is 11.8 Å². The zero-order valence-corrected chi connectivity index (χ0v) is 30.1. The Morgan fingerprint density at radius 2 is 1.87 bits per heavy atom. The summed E-state index contributed by atoms with van der Waals surface area (Å²) in [6, 6.07) is 19.5. The summed E-state index contributed by atoms with van der Waals surface area (Å²) in [4.78, 5) is 35.5. The average Bonchev–Trinajstić information content (AvgIpc) is 3.65. The predicted octanol–water partition coefficient (Wildman–Crippen LogP) is 6.17. The predicted molar refractivity (Wildman–Crippen MR) is 198 cm³/mol. The Morgan fingerprint density at radius 1 is 1.13 bits per heavy atom. The number of alkyl halides is 3. The molecule has 0 bridgehead atoms. The van der Waals surface area contributed by atoms with Crippen LogP contribution in [0.3, 0.4) is 0 Å². The molecule has 5 aromatic rings. The minimum absolute atomic E-state index is 0.0657. The quantitative estimate of drug-likeness (QED) is 0.153. The SMILES string of the molecule is CNCc1ccc(-c2[nH]c3cc(F)cc4c3c2CCNC4=O)cc1.Cc1cccc(N(C)C(=O)C2C(O)CCN2c2nc(C)cc(C(F)(F)F)c2C#N)c1. The van der Waals surface area contributed by atoms with Gasteiger partial charge in [0.15, 0.2) is 0 Å². The number of rotatable bonds is 6. The van der Waals surface area contributed by atoms with Crippen molar-refractivity contribution in [1.29, 1.82) is 5.26 Å². The summed E-state index contributed by atoms with van der Waals surface area (Å²) in [7, 11) is 3.45. The number of benzene rings is 3. The van der Waals surface area contributed by atoms with Gasteiger partial charge in [-0.3, -0.25) is 9.59 Å². The lowest BCUT2D eigenvalue weighted by atomic mass is 9.99. The van der Waals surface area contributed by atoms with Gasteiger partial charge < -0.3 is 30.5 Å². The third-order valence-electron chi connectivity index (χ3n) is 9.65. The number of nitrogens with zero attached hydrogens (tertiary/aromatic N) is 4. The first-order valence-corrected chi connectivity index (χ1v) is 17.4. The fraction of sp³-hybridized carbons (Fsp3) is 0.300. The Bertz CT molecular complexity index is 2260. The summed E-state index contributed by atoms with van der Waals surface area (Å²) in [5.74, 6) is -1.35. The van der Waals surface area contributed by atoms with Crippen LogP contribution in [0, 0.1) is 31.0 Å². The summed E-state index contributed by atoms with van der Waals surface area (Å²) in [6.45, 7) is 4.72. The molecule has 3 aromatic carbocycles. The number of hydrogen-bond donors (Lipinski definition) is 4. The number of aliphatic hydroxyl groups is 1. The number of hydrogen-bond acceptors (Lipinski definition) is 7. The van der Waals surface area contributed by atoms with Crippen molar-refractivity contribution in [1.82, 2.24) is 20.6 Å². The van der Waals surface area contributed by atoms with Gasteiger partial charge in [-0.05, 0) is 86.3 Å². The summed E-state index contributed by atoms with van der Waals surface area (Å²) < 4.78 is 54.3. The lowest BCUT2D eigenvalue weighted by Gasteiger charge is -2.31. The zero-order chi connectivity index (χ0) is 38.9. The van der Waals surface area contributed by atoms with E-state index < -0.39 is 41.2 Å². The average molecular weight is 742 g/mol. The number of carbonyl (C=O) groups is 2. The highest BCUT2D eigenvalue weighted by molar-refractivity contribution is 6.10. The second-order valence-corrected chi connectivity index (χ2v) is 13.4. The van der Waals surface area contributed by atoms with Crippen molar-refractivity contribution in [2.45, 2.75) is 51.6 Å². The first kappa shape index (κ1) is 38.0. The fourth-order valence-corrected chi connectivity index (χ4v) is 7.10. The van der Waals surface area contributed by atoms with Crippen molar-refractivity contribution in [3.8, 4) is 17.3 Å². The van der Waals surface area contributed by atoms with Crippen molar-refractivity contribution < 1.29 is 32.3 Å². The molecule has 4 N–H and O–H groups in total. The second-order valence-electron chi connectivity index (χ2n) is 13.4. The lowest BCUT2D eigenvalue weighted by Crippen LogP contribution is -2.49. The normalized spacial score (nSPS) is 16.7. The number of H-pyrrole nitrogens is 1. The Labute approximate surface area is 309 Å². The van der Waals surface area contributed by atoms with E-state index in [2.05, 4.69) is 44.9 Å². The molecule has 10 nitrogen and oxygen atoms in total. The monoisotopic (exact) mass is 741 g/mol. The fourth-order valence-electron chi connectivity index (χ4n) is 7.10. The number of carbonyl (C=O) groups excluding carboxylic acids is 2. The van der Waals surface area contributed by atoms with Crippen LogP contribution < -0.4 is 20.4 Å². The topological polar surface area (TPSA) is 137 Å². The maximum atomic E-state index is 13.9. The van der Waals surface area contributed by atoms with Crippen LogP contribution in [-0.2, 0) is 23.9 Å². The maximum Gasteiger partial charge on any atom is 0.417 e. The summed E-state index contributed by atoms with van der Waals surface area (Å²) in [6.07, 6.45) is -4.96. The third-order valence-corrected chi connectivity index (χ3v) is 9.65. The number of anilines is 2. The van der Waals surface area contributed by atoms with E-state index in [1.165, 1.54) is 41.5 Å². The zero-order valence-electron chi connectivity index (χ0n) is 30.1.